The highest BCUT2D eigenvalue weighted by molar-refractivity contribution is 7.66. The Balaban J connectivity index is 0.000000161. The van der Waals surface area contributed by atoms with E-state index in [0.29, 0.717) is 17.6 Å². The summed E-state index contributed by atoms with van der Waals surface area (Å²) in [4.78, 5) is 67.6. The van der Waals surface area contributed by atoms with Gasteiger partial charge in [0.25, 0.3) is 0 Å². The number of nitrogens with zero attached hydrogens (tertiary/aromatic N) is 12. The monoisotopic (exact) mass is 1090 g/mol. The molecule has 0 aromatic carbocycles. The first-order chi connectivity index (χ1) is 32.8. The number of phosphoric acid groups is 3. The molecule has 6 aromatic heterocycles. The van der Waals surface area contributed by atoms with Gasteiger partial charge in [0.05, 0.1) is 44.7 Å². The van der Waals surface area contributed by atoms with Gasteiger partial charge in [0.15, 0.2) is 51.3 Å². The molecule has 0 radical (unpaired) electrons. The first-order valence-electron chi connectivity index (χ1n) is 19.7. The van der Waals surface area contributed by atoms with Crippen molar-refractivity contribution in [2.75, 3.05) is 31.3 Å². The minimum absolute atomic E-state index is 0.0120. The Bertz CT molecular complexity index is 3070. The molecule has 0 amide bonds. The molecular formula is C31H42Cl2N15O19P3. The van der Waals surface area contributed by atoms with Crippen molar-refractivity contribution in [2.45, 2.75) is 74.3 Å². The fourth-order valence-corrected chi connectivity index (χ4v) is 10.7. The molecule has 12 atom stereocenters. The van der Waals surface area contributed by atoms with Crippen LogP contribution in [-0.4, -0.2) is 171 Å². The van der Waals surface area contributed by atoms with E-state index in [2.05, 4.69) is 53.0 Å². The minimum atomic E-state index is -5.66. The Morgan fingerprint density at radius 3 is 1.83 bits per heavy atom. The molecule has 2 unspecified atom stereocenters. The highest BCUT2D eigenvalue weighted by atomic mass is 35.5. The van der Waals surface area contributed by atoms with Crippen LogP contribution < -0.4 is 17.0 Å². The van der Waals surface area contributed by atoms with E-state index in [1.165, 1.54) is 21.8 Å². The molecule has 0 bridgehead atoms. The molecule has 3 saturated heterocycles. The first-order valence-corrected chi connectivity index (χ1v) is 25.0. The van der Waals surface area contributed by atoms with E-state index in [4.69, 9.17) is 79.2 Å². The van der Waals surface area contributed by atoms with Gasteiger partial charge in [0, 0.05) is 19.9 Å². The maximum Gasteiger partial charge on any atom is 0.490 e. The third kappa shape index (κ3) is 11.5. The summed E-state index contributed by atoms with van der Waals surface area (Å²) in [6, 6.07) is 0. The number of anilines is 2. The van der Waals surface area contributed by atoms with Gasteiger partial charge >= 0.3 is 23.5 Å². The Kier molecular flexibility index (Phi) is 16.1. The van der Waals surface area contributed by atoms with Crippen LogP contribution in [0.3, 0.4) is 0 Å². The van der Waals surface area contributed by atoms with Gasteiger partial charge in [0.2, 0.25) is 10.6 Å². The maximum absolute atomic E-state index is 11.8. The molecule has 15 N–H and O–H groups in total. The van der Waals surface area contributed by atoms with Gasteiger partial charge in [-0.1, -0.05) is 0 Å². The van der Waals surface area contributed by atoms with Gasteiger partial charge in [-0.3, -0.25) is 23.6 Å². The number of aromatic nitrogens is 12. The standard InChI is InChI=1S/C11H15N5O3.C10H15ClN5O12P3.C10H12ClN5O4/c1-15-4-14-11-9(10(15)12)13-5-16(11)8-2-6(18)7(3-17)19-8;11-10-15-7-8(12)13-3-14-9(7)16(10)6-1-4(17)5(26-6)2-25-30(21,22)28-31(23,24)27-29(18,19)20;11-10-15-4-7(12)13-2-14-8(4)16(10)9-6(19)5(18)3(1-17)20-9/h4-8,12,17-18H,2-3H2,1H3;3-6,17H,1-2H2,(H,21,22)(H,23,24)(H2,12,13,14)(H2,18,19,20);2-3,5-6,9,17-19H,1H2,(H2,12,13,14)/t6-,7+,8+;4-,5+,6+;3-,5-,6-,9-/m001/s1. The van der Waals surface area contributed by atoms with Crippen molar-refractivity contribution in [2.24, 2.45) is 7.05 Å². The number of hydrogen-bond donors (Lipinski definition) is 13. The van der Waals surface area contributed by atoms with Crippen LogP contribution >= 0.6 is 46.7 Å². The molecule has 6 aromatic rings. The van der Waals surface area contributed by atoms with Crippen molar-refractivity contribution < 1.29 is 91.3 Å². The van der Waals surface area contributed by atoms with Gasteiger partial charge in [-0.25, -0.2) is 53.6 Å². The normalized spacial score (nSPS) is 27.6. The number of nitrogen functional groups attached to an aromatic ring is 2. The topological polar surface area (TPSA) is 508 Å². The molecule has 3 aliphatic rings. The number of aliphatic hydroxyl groups excluding tert-OH is 6. The molecule has 70 heavy (non-hydrogen) atoms. The summed E-state index contributed by atoms with van der Waals surface area (Å²) in [6.45, 7) is -1.49. The van der Waals surface area contributed by atoms with E-state index in [1.807, 2.05) is 0 Å². The van der Waals surface area contributed by atoms with Crippen LogP contribution in [0.25, 0.3) is 33.5 Å². The highest BCUT2D eigenvalue weighted by Crippen LogP contribution is 2.66. The van der Waals surface area contributed by atoms with Crippen molar-refractivity contribution in [3.05, 3.63) is 41.4 Å². The molecule has 0 spiro atoms. The Morgan fingerprint density at radius 1 is 0.700 bits per heavy atom. The lowest BCUT2D eigenvalue weighted by Crippen LogP contribution is -2.33. The molecule has 39 heteroatoms. The second-order valence-corrected chi connectivity index (χ2v) is 20.2. The number of imidazole rings is 3. The van der Waals surface area contributed by atoms with E-state index < -0.39 is 98.1 Å². The predicted octanol–water partition coefficient (Wildman–Crippen LogP) is -2.38. The molecule has 0 aliphatic carbocycles. The summed E-state index contributed by atoms with van der Waals surface area (Å²) in [5.41, 5.74) is 13.6. The molecule has 0 saturated carbocycles. The predicted molar refractivity (Wildman–Crippen MR) is 231 cm³/mol. The van der Waals surface area contributed by atoms with E-state index in [9.17, 15) is 39.0 Å². The summed E-state index contributed by atoms with van der Waals surface area (Å²) in [7, 11) is -14.8. The van der Waals surface area contributed by atoms with Crippen LogP contribution in [0.4, 0.5) is 11.6 Å². The lowest BCUT2D eigenvalue weighted by molar-refractivity contribution is -0.0509. The van der Waals surface area contributed by atoms with Gasteiger partial charge in [-0.05, 0) is 23.2 Å². The number of aliphatic hydroxyl groups is 6. The Hall–Kier alpha value is -4.32. The zero-order valence-corrected chi connectivity index (χ0v) is 39.6. The Labute approximate surface area is 399 Å². The SMILES string of the molecule is Cn1cnc2c(ncn2[C@H]2C[C@H](O)[C@@H](CO)O2)c1=N.Nc1ncnc2c1nc(Cl)n2[C@@H]1O[C@H](CO)[C@@H](O)[C@H]1O.Nc1ncnc2c1nc(Cl)n2[C@H]1C[C@H](O)[C@@H](COP(=O)(O)OP(=O)(O)OP(=O)(O)O)O1. The van der Waals surface area contributed by atoms with Crippen LogP contribution in [0.1, 0.15) is 31.5 Å². The number of fused-ring (bicyclic) bond motifs is 3. The Morgan fingerprint density at radius 2 is 1.26 bits per heavy atom. The summed E-state index contributed by atoms with van der Waals surface area (Å²) in [6.07, 6.45) is -3.86. The number of nitrogens with two attached hydrogens (primary N) is 2. The minimum Gasteiger partial charge on any atom is -0.394 e. The van der Waals surface area contributed by atoms with Crippen molar-refractivity contribution in [3.63, 3.8) is 0 Å². The van der Waals surface area contributed by atoms with Crippen LogP contribution in [0.15, 0.2) is 25.3 Å². The zero-order chi connectivity index (χ0) is 51.2. The molecule has 9 rings (SSSR count). The summed E-state index contributed by atoms with van der Waals surface area (Å²) in [5.74, 6) is 0.191. The van der Waals surface area contributed by atoms with Gasteiger partial charge in [-0.15, -0.1) is 0 Å². The van der Waals surface area contributed by atoms with Crippen LogP contribution in [-0.2, 0) is 48.1 Å². The molecule has 34 nitrogen and oxygen atoms in total. The number of nitrogens with one attached hydrogen (secondary N) is 1. The average molecular weight is 1090 g/mol. The fraction of sp³-hybridized carbons (Fsp3) is 0.516. The van der Waals surface area contributed by atoms with Crippen molar-refractivity contribution in [3.8, 4) is 0 Å². The lowest BCUT2D eigenvalue weighted by atomic mass is 10.1. The van der Waals surface area contributed by atoms with Crippen LogP contribution in [0.5, 0.6) is 0 Å². The molecular weight excluding hydrogens is 1050 g/mol. The van der Waals surface area contributed by atoms with E-state index in [1.54, 1.807) is 22.5 Å². The van der Waals surface area contributed by atoms with Gasteiger partial charge in [0.1, 0.15) is 61.1 Å². The third-order valence-corrected chi connectivity index (χ3v) is 14.7. The second-order valence-electron chi connectivity index (χ2n) is 15.1. The van der Waals surface area contributed by atoms with Crippen LogP contribution in [0, 0.1) is 5.41 Å². The number of halogens is 2. The average Bonchev–Trinajstić information content (AvgIpc) is 4.13. The number of aryl methyl sites for hydroxylation is 1. The first kappa shape index (κ1) is 53.5. The van der Waals surface area contributed by atoms with E-state index in [0.717, 1.165) is 6.33 Å². The largest absolute Gasteiger partial charge is 0.490 e. The number of rotatable bonds is 12. The number of ether oxygens (including phenoxy) is 3. The zero-order valence-electron chi connectivity index (χ0n) is 35.4. The molecule has 384 valence electrons. The van der Waals surface area contributed by atoms with Gasteiger partial charge in [-0.2, -0.15) is 8.62 Å². The van der Waals surface area contributed by atoms with Crippen molar-refractivity contribution >= 4 is 91.8 Å². The summed E-state index contributed by atoms with van der Waals surface area (Å²) < 4.78 is 67.8. The molecule has 3 aliphatic heterocycles. The van der Waals surface area contributed by atoms with Crippen LogP contribution in [0.2, 0.25) is 10.6 Å². The quantitative estimate of drug-likeness (QED) is 0.0449. The maximum atomic E-state index is 11.8. The van der Waals surface area contributed by atoms with E-state index >= 15 is 0 Å². The smallest absolute Gasteiger partial charge is 0.394 e. The summed E-state index contributed by atoms with van der Waals surface area (Å²) >= 11 is 12.1. The number of phosphoric ester groups is 1. The lowest BCUT2D eigenvalue weighted by Gasteiger charge is -2.19. The second kappa shape index (κ2) is 21.0. The van der Waals surface area contributed by atoms with Gasteiger partial charge < -0.3 is 80.5 Å². The number of hydrogen-bond acceptors (Lipinski definition) is 26. The fourth-order valence-electron chi connectivity index (χ4n) is 7.14. The third-order valence-electron chi connectivity index (χ3n) is 10.4. The van der Waals surface area contributed by atoms with E-state index in [-0.39, 0.29) is 63.0 Å². The summed E-state index contributed by atoms with van der Waals surface area (Å²) in [5, 5.41) is 65.7. The van der Waals surface area contributed by atoms with Crippen molar-refractivity contribution in [1.82, 2.24) is 58.1 Å². The molecule has 3 fully saturated rings. The molecule has 9 heterocycles. The highest BCUT2D eigenvalue weighted by Gasteiger charge is 2.46. The van der Waals surface area contributed by atoms with Crippen molar-refractivity contribution in [1.29, 1.82) is 5.41 Å².